The maximum atomic E-state index is 13.3. The Morgan fingerprint density at radius 3 is 1.50 bits per heavy atom. The first-order chi connectivity index (χ1) is 18.2. The van der Waals surface area contributed by atoms with E-state index < -0.39 is 10.0 Å². The molecule has 11 heteroatoms. The summed E-state index contributed by atoms with van der Waals surface area (Å²) in [4.78, 5) is -0.0189. The molecule has 3 rings (SSSR count). The molecule has 10 nitrogen and oxygen atoms in total. The van der Waals surface area contributed by atoms with E-state index in [-0.39, 0.29) is 22.1 Å². The molecule has 0 heterocycles. The van der Waals surface area contributed by atoms with Crippen molar-refractivity contribution in [1.82, 2.24) is 0 Å². The van der Waals surface area contributed by atoms with E-state index in [0.717, 1.165) is 5.56 Å². The minimum Gasteiger partial charge on any atom is -0.493 e. The summed E-state index contributed by atoms with van der Waals surface area (Å²) in [6, 6.07) is 11.2. The summed E-state index contributed by atoms with van der Waals surface area (Å²) in [5.41, 5.74) is 1.59. The van der Waals surface area contributed by atoms with Crippen LogP contribution >= 0.6 is 0 Å². The van der Waals surface area contributed by atoms with Gasteiger partial charge in [-0.25, -0.2) is 8.42 Å². The topological polar surface area (TPSA) is 111 Å². The van der Waals surface area contributed by atoms with Gasteiger partial charge in [-0.3, -0.25) is 4.72 Å². The monoisotopic (exact) mass is 545 g/mol. The van der Waals surface area contributed by atoms with Crippen molar-refractivity contribution >= 4 is 27.9 Å². The van der Waals surface area contributed by atoms with Gasteiger partial charge in [0.05, 0.1) is 60.4 Å². The van der Waals surface area contributed by atoms with Crippen LogP contribution in [-0.2, 0) is 10.0 Å². The molecule has 0 fully saturated rings. The van der Waals surface area contributed by atoms with Gasteiger partial charge in [-0.2, -0.15) is 0 Å². The molecular weight excluding hydrogens is 514 g/mol. The van der Waals surface area contributed by atoms with Crippen LogP contribution in [0, 0.1) is 0 Å². The summed E-state index contributed by atoms with van der Waals surface area (Å²) in [5.74, 6) is 2.73. The molecular formula is C27H31NO9S. The number of nitrogens with one attached hydrogen (secondary N) is 1. The van der Waals surface area contributed by atoms with Crippen LogP contribution in [0.15, 0.2) is 47.4 Å². The summed E-state index contributed by atoms with van der Waals surface area (Å²) in [6.45, 7) is 0. The molecule has 0 saturated heterocycles. The van der Waals surface area contributed by atoms with E-state index in [0.29, 0.717) is 34.3 Å². The van der Waals surface area contributed by atoms with Gasteiger partial charge in [0, 0.05) is 6.07 Å². The fraction of sp³-hybridized carbons (Fsp3) is 0.259. The second-order valence-electron chi connectivity index (χ2n) is 7.72. The lowest BCUT2D eigenvalue weighted by atomic mass is 10.1. The molecule has 0 amide bonds. The van der Waals surface area contributed by atoms with Gasteiger partial charge >= 0.3 is 0 Å². The Kier molecular flexibility index (Phi) is 9.19. The van der Waals surface area contributed by atoms with Crippen LogP contribution in [0.5, 0.6) is 40.2 Å². The van der Waals surface area contributed by atoms with Crippen molar-refractivity contribution in [3.63, 3.8) is 0 Å². The molecule has 0 aromatic heterocycles. The molecule has 1 N–H and O–H groups in total. The second kappa shape index (κ2) is 12.3. The number of benzene rings is 3. The molecule has 0 aliphatic heterocycles. The molecule has 0 radical (unpaired) electrons. The predicted molar refractivity (Wildman–Crippen MR) is 145 cm³/mol. The van der Waals surface area contributed by atoms with Gasteiger partial charge in [0.25, 0.3) is 10.0 Å². The van der Waals surface area contributed by atoms with Crippen LogP contribution in [0.25, 0.3) is 12.2 Å². The highest BCUT2D eigenvalue weighted by molar-refractivity contribution is 7.92. The van der Waals surface area contributed by atoms with E-state index in [1.165, 1.54) is 68.0 Å². The molecule has 3 aromatic carbocycles. The van der Waals surface area contributed by atoms with Gasteiger partial charge in [-0.05, 0) is 47.5 Å². The van der Waals surface area contributed by atoms with Crippen molar-refractivity contribution in [2.45, 2.75) is 4.90 Å². The third kappa shape index (κ3) is 6.00. The lowest BCUT2D eigenvalue weighted by molar-refractivity contribution is 0.324. The fourth-order valence-corrected chi connectivity index (χ4v) is 4.80. The molecule has 204 valence electrons. The van der Waals surface area contributed by atoms with Crippen molar-refractivity contribution in [3.05, 3.63) is 53.6 Å². The molecule has 38 heavy (non-hydrogen) atoms. The van der Waals surface area contributed by atoms with Crippen molar-refractivity contribution < 1.29 is 41.6 Å². The zero-order chi connectivity index (χ0) is 27.9. The van der Waals surface area contributed by atoms with Gasteiger partial charge in [-0.1, -0.05) is 12.2 Å². The van der Waals surface area contributed by atoms with Crippen molar-refractivity contribution in [2.75, 3.05) is 54.5 Å². The highest BCUT2D eigenvalue weighted by atomic mass is 32.2. The highest BCUT2D eigenvalue weighted by Crippen LogP contribution is 2.40. The fourth-order valence-electron chi connectivity index (χ4n) is 3.74. The first kappa shape index (κ1) is 28.3. The van der Waals surface area contributed by atoms with Crippen LogP contribution in [0.4, 0.5) is 5.69 Å². The van der Waals surface area contributed by atoms with Crippen molar-refractivity contribution in [1.29, 1.82) is 0 Å². The minimum atomic E-state index is -4.03. The van der Waals surface area contributed by atoms with Gasteiger partial charge < -0.3 is 33.2 Å². The molecule has 0 atom stereocenters. The average molecular weight is 546 g/mol. The summed E-state index contributed by atoms with van der Waals surface area (Å²) >= 11 is 0. The van der Waals surface area contributed by atoms with E-state index in [4.69, 9.17) is 33.2 Å². The zero-order valence-electron chi connectivity index (χ0n) is 22.3. The van der Waals surface area contributed by atoms with Crippen LogP contribution < -0.4 is 37.9 Å². The maximum absolute atomic E-state index is 13.3. The van der Waals surface area contributed by atoms with Crippen molar-refractivity contribution in [3.8, 4) is 40.2 Å². The van der Waals surface area contributed by atoms with E-state index in [1.807, 2.05) is 6.08 Å². The minimum absolute atomic E-state index is 0.0189. The predicted octanol–water partition coefficient (Wildman–Crippen LogP) is 4.72. The smallest absolute Gasteiger partial charge is 0.262 e. The van der Waals surface area contributed by atoms with E-state index in [9.17, 15) is 8.42 Å². The normalized spacial score (nSPS) is 11.1. The first-order valence-corrected chi connectivity index (χ1v) is 12.7. The molecule has 0 bridgehead atoms. The van der Waals surface area contributed by atoms with E-state index >= 15 is 0 Å². The molecule has 3 aromatic rings. The maximum Gasteiger partial charge on any atom is 0.262 e. The number of anilines is 1. The lowest BCUT2D eigenvalue weighted by Crippen LogP contribution is -2.14. The van der Waals surface area contributed by atoms with Crippen LogP contribution in [0.1, 0.15) is 11.1 Å². The molecule has 0 aliphatic rings. The third-order valence-electron chi connectivity index (χ3n) is 5.57. The highest BCUT2D eigenvalue weighted by Gasteiger charge is 2.21. The summed E-state index contributed by atoms with van der Waals surface area (Å²) in [5, 5.41) is 0. The van der Waals surface area contributed by atoms with Gasteiger partial charge in [0.15, 0.2) is 34.5 Å². The Balaban J connectivity index is 2.04. The molecule has 0 spiro atoms. The van der Waals surface area contributed by atoms with E-state index in [2.05, 4.69) is 4.72 Å². The standard InChI is InChI=1S/C27H31NO9S/c1-31-21-11-10-19(16-22(21)32-2)38(29,30)28-20-12-17(13-23(33-3)26(20)36-6)8-9-18-14-24(34-4)27(37-7)25(15-18)35-5/h8-16,28H,1-7H3. The van der Waals surface area contributed by atoms with Gasteiger partial charge in [0.1, 0.15) is 0 Å². The summed E-state index contributed by atoms with van der Waals surface area (Å²) in [6.07, 6.45) is 3.61. The third-order valence-corrected chi connectivity index (χ3v) is 6.93. The Morgan fingerprint density at radius 2 is 1.03 bits per heavy atom. The van der Waals surface area contributed by atoms with Gasteiger partial charge in [0.2, 0.25) is 5.75 Å². The largest absolute Gasteiger partial charge is 0.493 e. The summed E-state index contributed by atoms with van der Waals surface area (Å²) in [7, 11) is 6.38. The molecule has 0 aliphatic carbocycles. The van der Waals surface area contributed by atoms with Crippen LogP contribution in [0.3, 0.4) is 0 Å². The average Bonchev–Trinajstić information content (AvgIpc) is 2.94. The number of ether oxygens (including phenoxy) is 7. The Hall–Kier alpha value is -4.25. The number of rotatable bonds is 12. The Labute approximate surface area is 222 Å². The molecule has 0 saturated carbocycles. The molecule has 0 unspecified atom stereocenters. The first-order valence-electron chi connectivity index (χ1n) is 11.2. The van der Waals surface area contributed by atoms with E-state index in [1.54, 1.807) is 30.3 Å². The quantitative estimate of drug-likeness (QED) is 0.323. The van der Waals surface area contributed by atoms with Crippen LogP contribution in [0.2, 0.25) is 0 Å². The Morgan fingerprint density at radius 1 is 0.553 bits per heavy atom. The van der Waals surface area contributed by atoms with Gasteiger partial charge in [-0.15, -0.1) is 0 Å². The number of sulfonamides is 1. The lowest BCUT2D eigenvalue weighted by Gasteiger charge is -2.16. The Bertz CT molecular complexity index is 1390. The summed E-state index contributed by atoms with van der Waals surface area (Å²) < 4.78 is 66.7. The van der Waals surface area contributed by atoms with Crippen molar-refractivity contribution in [2.24, 2.45) is 0 Å². The number of methoxy groups -OCH3 is 7. The SMILES string of the molecule is COc1ccc(S(=O)(=O)Nc2cc(C=Cc3cc(OC)c(OC)c(OC)c3)cc(OC)c2OC)cc1OC. The van der Waals surface area contributed by atoms with Crippen LogP contribution in [-0.4, -0.2) is 58.2 Å². The zero-order valence-corrected chi connectivity index (χ0v) is 23.1. The second-order valence-corrected chi connectivity index (χ2v) is 9.40. The number of hydrogen-bond acceptors (Lipinski definition) is 9. The number of hydrogen-bond donors (Lipinski definition) is 1.